The van der Waals surface area contributed by atoms with Crippen molar-refractivity contribution in [3.8, 4) is 0 Å². The standard InChI is InChI=1S/C12H25N3/c1-14-8-5-12-11(4-6-13)3-2-7-15(12)10-9-14/h11-12H,2-10,13H2,1H3. The molecule has 2 rings (SSSR count). The molecule has 88 valence electrons. The summed E-state index contributed by atoms with van der Waals surface area (Å²) in [6.07, 6.45) is 5.36. The summed E-state index contributed by atoms with van der Waals surface area (Å²) in [7, 11) is 2.25. The molecule has 2 saturated heterocycles. The van der Waals surface area contributed by atoms with E-state index in [4.69, 9.17) is 5.73 Å². The molecular weight excluding hydrogens is 186 g/mol. The van der Waals surface area contributed by atoms with Gasteiger partial charge in [0.05, 0.1) is 0 Å². The molecule has 2 aliphatic heterocycles. The van der Waals surface area contributed by atoms with Crippen LogP contribution in [-0.4, -0.2) is 55.6 Å². The average molecular weight is 211 g/mol. The number of hydrogen-bond acceptors (Lipinski definition) is 3. The Morgan fingerprint density at radius 1 is 1.13 bits per heavy atom. The maximum atomic E-state index is 5.72. The largest absolute Gasteiger partial charge is 0.330 e. The Morgan fingerprint density at radius 3 is 2.80 bits per heavy atom. The molecule has 0 bridgehead atoms. The minimum Gasteiger partial charge on any atom is -0.330 e. The molecule has 0 aliphatic carbocycles. The molecule has 2 N–H and O–H groups in total. The van der Waals surface area contributed by atoms with Gasteiger partial charge in [-0.2, -0.15) is 0 Å². The SMILES string of the molecule is CN1CCC2C(CCN)CCCN2CC1. The Balaban J connectivity index is 1.98. The third-order valence-corrected chi connectivity index (χ3v) is 4.15. The fourth-order valence-corrected chi connectivity index (χ4v) is 3.22. The van der Waals surface area contributed by atoms with Crippen molar-refractivity contribution >= 4 is 0 Å². The maximum absolute atomic E-state index is 5.72. The summed E-state index contributed by atoms with van der Waals surface area (Å²) in [5, 5.41) is 0. The first-order chi connectivity index (χ1) is 7.31. The highest BCUT2D eigenvalue weighted by atomic mass is 15.2. The predicted octanol–water partition coefficient (Wildman–Crippen LogP) is 0.751. The van der Waals surface area contributed by atoms with E-state index < -0.39 is 0 Å². The first-order valence-corrected chi connectivity index (χ1v) is 6.44. The lowest BCUT2D eigenvalue weighted by Gasteiger charge is -2.40. The molecule has 0 radical (unpaired) electrons. The van der Waals surface area contributed by atoms with Gasteiger partial charge in [-0.1, -0.05) is 0 Å². The Morgan fingerprint density at radius 2 is 2.00 bits per heavy atom. The Bertz CT molecular complexity index is 187. The predicted molar refractivity (Wildman–Crippen MR) is 63.9 cm³/mol. The van der Waals surface area contributed by atoms with Crippen molar-refractivity contribution in [3.05, 3.63) is 0 Å². The van der Waals surface area contributed by atoms with Gasteiger partial charge in [-0.25, -0.2) is 0 Å². The van der Waals surface area contributed by atoms with Crippen LogP contribution >= 0.6 is 0 Å². The minimum atomic E-state index is 0.826. The molecule has 3 heteroatoms. The van der Waals surface area contributed by atoms with E-state index in [-0.39, 0.29) is 0 Å². The maximum Gasteiger partial charge on any atom is 0.0137 e. The van der Waals surface area contributed by atoms with Gasteiger partial charge in [-0.15, -0.1) is 0 Å². The molecule has 2 unspecified atom stereocenters. The number of piperidine rings is 1. The first kappa shape index (κ1) is 11.4. The second-order valence-corrected chi connectivity index (χ2v) is 5.17. The number of hydrogen-bond donors (Lipinski definition) is 1. The average Bonchev–Trinajstić information content (AvgIpc) is 2.43. The van der Waals surface area contributed by atoms with Crippen LogP contribution in [0.25, 0.3) is 0 Å². The number of fused-ring (bicyclic) bond motifs is 1. The van der Waals surface area contributed by atoms with E-state index in [1.807, 2.05) is 0 Å². The van der Waals surface area contributed by atoms with Crippen LogP contribution in [0.2, 0.25) is 0 Å². The summed E-state index contributed by atoms with van der Waals surface area (Å²) < 4.78 is 0. The molecule has 2 heterocycles. The number of rotatable bonds is 2. The zero-order chi connectivity index (χ0) is 10.7. The van der Waals surface area contributed by atoms with Crippen molar-refractivity contribution < 1.29 is 0 Å². The van der Waals surface area contributed by atoms with Crippen LogP contribution in [0.1, 0.15) is 25.7 Å². The van der Waals surface area contributed by atoms with Gasteiger partial charge < -0.3 is 10.6 Å². The van der Waals surface area contributed by atoms with E-state index in [0.29, 0.717) is 0 Å². The number of nitrogens with zero attached hydrogens (tertiary/aromatic N) is 2. The van der Waals surface area contributed by atoms with Crippen LogP contribution in [0.3, 0.4) is 0 Å². The van der Waals surface area contributed by atoms with Gasteiger partial charge in [0.1, 0.15) is 0 Å². The van der Waals surface area contributed by atoms with E-state index in [0.717, 1.165) is 18.5 Å². The van der Waals surface area contributed by atoms with Gasteiger partial charge in [0, 0.05) is 19.1 Å². The summed E-state index contributed by atoms with van der Waals surface area (Å²) in [6, 6.07) is 0.826. The molecule has 0 aromatic rings. The first-order valence-electron chi connectivity index (χ1n) is 6.44. The molecule has 3 nitrogen and oxygen atoms in total. The van der Waals surface area contributed by atoms with Crippen LogP contribution in [0, 0.1) is 5.92 Å². The van der Waals surface area contributed by atoms with Gasteiger partial charge in [0.15, 0.2) is 0 Å². The minimum absolute atomic E-state index is 0.826. The van der Waals surface area contributed by atoms with Gasteiger partial charge in [-0.3, -0.25) is 4.90 Å². The molecule has 0 saturated carbocycles. The molecule has 2 atom stereocenters. The second kappa shape index (κ2) is 5.28. The van der Waals surface area contributed by atoms with Crippen LogP contribution in [0.5, 0.6) is 0 Å². The van der Waals surface area contributed by atoms with E-state index in [9.17, 15) is 0 Å². The van der Waals surface area contributed by atoms with Crippen LogP contribution in [0.15, 0.2) is 0 Å². The van der Waals surface area contributed by atoms with E-state index in [1.165, 1.54) is 51.9 Å². The van der Waals surface area contributed by atoms with Gasteiger partial charge in [0.25, 0.3) is 0 Å². The van der Waals surface area contributed by atoms with Crippen molar-refractivity contribution in [2.24, 2.45) is 11.7 Å². The Hall–Kier alpha value is -0.120. The smallest absolute Gasteiger partial charge is 0.0137 e. The van der Waals surface area contributed by atoms with Crippen LogP contribution < -0.4 is 5.73 Å². The van der Waals surface area contributed by atoms with Crippen molar-refractivity contribution in [1.82, 2.24) is 9.80 Å². The summed E-state index contributed by atoms with van der Waals surface area (Å²) in [5.41, 5.74) is 5.72. The van der Waals surface area contributed by atoms with Crippen molar-refractivity contribution in [2.45, 2.75) is 31.7 Å². The van der Waals surface area contributed by atoms with Crippen molar-refractivity contribution in [3.63, 3.8) is 0 Å². The lowest BCUT2D eigenvalue weighted by Crippen LogP contribution is -2.46. The lowest BCUT2D eigenvalue weighted by atomic mass is 9.85. The van der Waals surface area contributed by atoms with Crippen molar-refractivity contribution in [2.75, 3.05) is 39.8 Å². The zero-order valence-corrected chi connectivity index (χ0v) is 9.99. The van der Waals surface area contributed by atoms with Crippen molar-refractivity contribution in [1.29, 1.82) is 0 Å². The summed E-state index contributed by atoms with van der Waals surface area (Å²) in [6.45, 7) is 5.96. The van der Waals surface area contributed by atoms with Gasteiger partial charge in [-0.05, 0) is 58.3 Å². The molecule has 0 aromatic carbocycles. The van der Waals surface area contributed by atoms with E-state index in [1.54, 1.807) is 0 Å². The molecule has 2 aliphatic rings. The highest BCUT2D eigenvalue weighted by Crippen LogP contribution is 2.29. The third-order valence-electron chi connectivity index (χ3n) is 4.15. The topological polar surface area (TPSA) is 32.5 Å². The number of likely N-dealkylation sites (N-methyl/N-ethyl adjacent to an activating group) is 1. The summed E-state index contributed by atoms with van der Waals surface area (Å²) in [4.78, 5) is 5.19. The second-order valence-electron chi connectivity index (χ2n) is 5.17. The summed E-state index contributed by atoms with van der Waals surface area (Å²) >= 11 is 0. The van der Waals surface area contributed by atoms with E-state index in [2.05, 4.69) is 16.8 Å². The number of nitrogens with two attached hydrogens (primary N) is 1. The van der Waals surface area contributed by atoms with Crippen LogP contribution in [-0.2, 0) is 0 Å². The fourth-order valence-electron chi connectivity index (χ4n) is 3.22. The highest BCUT2D eigenvalue weighted by molar-refractivity contribution is 4.87. The normalized spacial score (nSPS) is 34.8. The lowest BCUT2D eigenvalue weighted by molar-refractivity contribution is 0.0950. The highest BCUT2D eigenvalue weighted by Gasteiger charge is 2.32. The summed E-state index contributed by atoms with van der Waals surface area (Å²) in [5.74, 6) is 0.871. The Labute approximate surface area is 93.6 Å². The molecule has 2 fully saturated rings. The molecule has 0 amide bonds. The molecule has 0 aromatic heterocycles. The molecular formula is C12H25N3. The third kappa shape index (κ3) is 2.71. The van der Waals surface area contributed by atoms with Crippen LogP contribution in [0.4, 0.5) is 0 Å². The zero-order valence-electron chi connectivity index (χ0n) is 9.99. The molecule has 0 spiro atoms. The fraction of sp³-hybridized carbons (Fsp3) is 1.00. The van der Waals surface area contributed by atoms with Gasteiger partial charge >= 0.3 is 0 Å². The van der Waals surface area contributed by atoms with Gasteiger partial charge in [0.2, 0.25) is 0 Å². The quantitative estimate of drug-likeness (QED) is 0.731. The monoisotopic (exact) mass is 211 g/mol. The Kier molecular flexibility index (Phi) is 4.00. The molecule has 15 heavy (non-hydrogen) atoms. The van der Waals surface area contributed by atoms with E-state index >= 15 is 0 Å².